The number of rotatable bonds is 4. The van der Waals surface area contributed by atoms with E-state index in [-0.39, 0.29) is 5.91 Å². The van der Waals surface area contributed by atoms with Crippen LogP contribution in [-0.4, -0.2) is 21.1 Å². The van der Waals surface area contributed by atoms with E-state index in [1.165, 1.54) is 11.3 Å². The maximum atomic E-state index is 13.1. The van der Waals surface area contributed by atoms with Gasteiger partial charge in [0.2, 0.25) is 5.13 Å². The summed E-state index contributed by atoms with van der Waals surface area (Å²) in [6, 6.07) is 19.2. The van der Waals surface area contributed by atoms with E-state index in [2.05, 4.69) is 20.5 Å². The van der Waals surface area contributed by atoms with Crippen LogP contribution in [0, 0.1) is 6.92 Å². The molecule has 0 fully saturated rings. The Kier molecular flexibility index (Phi) is 4.57. The standard InChI is InChI=1S/C23H16N4O2S/c1-14-6-7-20(29-14)17-12-16-4-2-3-5-18(16)19(13-17)21(28)25-23-27-26-22(30-23)15-8-10-24-11-9-15/h2-13H,1H3,(H,25,27,28). The van der Waals surface area contributed by atoms with Crippen molar-refractivity contribution in [1.82, 2.24) is 15.2 Å². The highest BCUT2D eigenvalue weighted by Crippen LogP contribution is 2.31. The van der Waals surface area contributed by atoms with Crippen molar-refractivity contribution < 1.29 is 9.21 Å². The SMILES string of the molecule is Cc1ccc(-c2cc(C(=O)Nc3nnc(-c4ccncc4)s3)c3ccccc3c2)o1. The molecule has 0 atom stereocenters. The molecule has 0 saturated carbocycles. The van der Waals surface area contributed by atoms with Crippen LogP contribution in [0.2, 0.25) is 0 Å². The highest BCUT2D eigenvalue weighted by atomic mass is 32.1. The van der Waals surface area contributed by atoms with Gasteiger partial charge in [-0.3, -0.25) is 15.1 Å². The van der Waals surface area contributed by atoms with Gasteiger partial charge in [0.05, 0.1) is 0 Å². The van der Waals surface area contributed by atoms with Crippen molar-refractivity contribution in [1.29, 1.82) is 0 Å². The summed E-state index contributed by atoms with van der Waals surface area (Å²) in [6.07, 6.45) is 3.39. The van der Waals surface area contributed by atoms with Crippen molar-refractivity contribution in [2.24, 2.45) is 0 Å². The lowest BCUT2D eigenvalue weighted by Gasteiger charge is -2.09. The molecule has 5 aromatic rings. The normalized spacial score (nSPS) is 11.0. The second-order valence-electron chi connectivity index (χ2n) is 6.76. The highest BCUT2D eigenvalue weighted by Gasteiger charge is 2.16. The Hall–Kier alpha value is -3.84. The molecule has 2 aromatic carbocycles. The maximum Gasteiger partial charge on any atom is 0.258 e. The first kappa shape index (κ1) is 18.2. The summed E-state index contributed by atoms with van der Waals surface area (Å²) in [7, 11) is 0. The van der Waals surface area contributed by atoms with Gasteiger partial charge in [-0.2, -0.15) is 0 Å². The zero-order valence-electron chi connectivity index (χ0n) is 16.0. The van der Waals surface area contributed by atoms with Crippen molar-refractivity contribution in [2.45, 2.75) is 6.92 Å². The summed E-state index contributed by atoms with van der Waals surface area (Å²) in [4.78, 5) is 17.2. The maximum absolute atomic E-state index is 13.1. The average molecular weight is 412 g/mol. The zero-order chi connectivity index (χ0) is 20.5. The first-order chi connectivity index (χ1) is 14.7. The predicted octanol–water partition coefficient (Wildman–Crippen LogP) is 5.57. The lowest BCUT2D eigenvalue weighted by Crippen LogP contribution is -2.12. The van der Waals surface area contributed by atoms with Crippen LogP contribution in [0.4, 0.5) is 5.13 Å². The molecule has 6 nitrogen and oxygen atoms in total. The molecule has 0 unspecified atom stereocenters. The number of hydrogen-bond donors (Lipinski definition) is 1. The van der Waals surface area contributed by atoms with Crippen LogP contribution in [-0.2, 0) is 0 Å². The smallest absolute Gasteiger partial charge is 0.258 e. The molecule has 3 heterocycles. The molecule has 3 aromatic heterocycles. The van der Waals surface area contributed by atoms with Gasteiger partial charge in [0.15, 0.2) is 0 Å². The van der Waals surface area contributed by atoms with Gasteiger partial charge in [0.1, 0.15) is 16.5 Å². The number of hydrogen-bond acceptors (Lipinski definition) is 6. The molecule has 146 valence electrons. The second kappa shape index (κ2) is 7.53. The van der Waals surface area contributed by atoms with Crippen LogP contribution in [0.15, 0.2) is 77.5 Å². The zero-order valence-corrected chi connectivity index (χ0v) is 16.8. The number of aryl methyl sites for hydroxylation is 1. The molecule has 0 bridgehead atoms. The van der Waals surface area contributed by atoms with Crippen LogP contribution < -0.4 is 5.32 Å². The van der Waals surface area contributed by atoms with Gasteiger partial charge in [0, 0.05) is 29.1 Å². The molecule has 5 rings (SSSR count). The molecule has 0 saturated heterocycles. The van der Waals surface area contributed by atoms with Crippen LogP contribution in [0.1, 0.15) is 16.1 Å². The van der Waals surface area contributed by atoms with Gasteiger partial charge >= 0.3 is 0 Å². The average Bonchev–Trinajstić information content (AvgIpc) is 3.42. The van der Waals surface area contributed by atoms with Crippen molar-refractivity contribution in [3.05, 3.63) is 84.4 Å². The number of nitrogens with zero attached hydrogens (tertiary/aromatic N) is 3. The molecule has 0 aliphatic heterocycles. The Bertz CT molecular complexity index is 1360. The Morgan fingerprint density at radius 1 is 0.967 bits per heavy atom. The van der Waals surface area contributed by atoms with Crippen molar-refractivity contribution in [3.8, 4) is 21.9 Å². The molecule has 0 aliphatic rings. The Labute approximate surface area is 176 Å². The van der Waals surface area contributed by atoms with Crippen LogP contribution in [0.25, 0.3) is 32.7 Å². The largest absolute Gasteiger partial charge is 0.461 e. The van der Waals surface area contributed by atoms with E-state index in [9.17, 15) is 4.79 Å². The third-order valence-corrected chi connectivity index (χ3v) is 5.59. The lowest BCUT2D eigenvalue weighted by atomic mass is 9.99. The van der Waals surface area contributed by atoms with E-state index < -0.39 is 0 Å². The number of nitrogens with one attached hydrogen (secondary N) is 1. The summed E-state index contributed by atoms with van der Waals surface area (Å²) in [5.41, 5.74) is 2.31. The molecule has 0 spiro atoms. The summed E-state index contributed by atoms with van der Waals surface area (Å²) < 4.78 is 5.77. The predicted molar refractivity (Wildman–Crippen MR) is 117 cm³/mol. The first-order valence-corrected chi connectivity index (χ1v) is 10.1. The second-order valence-corrected chi connectivity index (χ2v) is 7.74. The molecule has 1 amide bonds. The fourth-order valence-corrected chi connectivity index (χ4v) is 4.02. The van der Waals surface area contributed by atoms with Crippen molar-refractivity contribution in [2.75, 3.05) is 5.32 Å². The fourth-order valence-electron chi connectivity index (χ4n) is 3.28. The van der Waals surface area contributed by atoms with Gasteiger partial charge < -0.3 is 4.42 Å². The third kappa shape index (κ3) is 3.46. The van der Waals surface area contributed by atoms with Gasteiger partial charge in [-0.25, -0.2) is 0 Å². The number of aromatic nitrogens is 3. The van der Waals surface area contributed by atoms with Gasteiger partial charge in [-0.05, 0) is 54.1 Å². The van der Waals surface area contributed by atoms with E-state index >= 15 is 0 Å². The van der Waals surface area contributed by atoms with E-state index in [1.807, 2.05) is 67.6 Å². The molecule has 7 heteroatoms. The monoisotopic (exact) mass is 412 g/mol. The van der Waals surface area contributed by atoms with Gasteiger partial charge in [-0.1, -0.05) is 35.6 Å². The molecule has 1 N–H and O–H groups in total. The Balaban J connectivity index is 1.51. The summed E-state index contributed by atoms with van der Waals surface area (Å²) in [5, 5.41) is 14.2. The first-order valence-electron chi connectivity index (χ1n) is 9.32. The number of furan rings is 1. The minimum Gasteiger partial charge on any atom is -0.461 e. The van der Waals surface area contributed by atoms with E-state index in [0.29, 0.717) is 10.7 Å². The molecular weight excluding hydrogens is 396 g/mol. The van der Waals surface area contributed by atoms with Gasteiger partial charge in [0.25, 0.3) is 5.91 Å². The van der Waals surface area contributed by atoms with E-state index in [0.717, 1.165) is 38.4 Å². The molecule has 0 aliphatic carbocycles. The Morgan fingerprint density at radius 2 is 1.80 bits per heavy atom. The Morgan fingerprint density at radius 3 is 2.60 bits per heavy atom. The number of carbonyl (C=O) groups excluding carboxylic acids is 1. The number of anilines is 1. The van der Waals surface area contributed by atoms with Crippen LogP contribution in [0.5, 0.6) is 0 Å². The van der Waals surface area contributed by atoms with Gasteiger partial charge in [-0.15, -0.1) is 10.2 Å². The van der Waals surface area contributed by atoms with Crippen LogP contribution >= 0.6 is 11.3 Å². The number of carbonyl (C=O) groups is 1. The third-order valence-electron chi connectivity index (χ3n) is 4.70. The fraction of sp³-hybridized carbons (Fsp3) is 0.0435. The van der Waals surface area contributed by atoms with E-state index in [4.69, 9.17) is 4.42 Å². The summed E-state index contributed by atoms with van der Waals surface area (Å²) in [5.74, 6) is 1.30. The quantitative estimate of drug-likeness (QED) is 0.417. The molecule has 0 radical (unpaired) electrons. The summed E-state index contributed by atoms with van der Waals surface area (Å²) in [6.45, 7) is 1.90. The molecule has 30 heavy (non-hydrogen) atoms. The number of fused-ring (bicyclic) bond motifs is 1. The van der Waals surface area contributed by atoms with Crippen molar-refractivity contribution in [3.63, 3.8) is 0 Å². The number of pyridine rings is 1. The minimum atomic E-state index is -0.242. The van der Waals surface area contributed by atoms with Crippen LogP contribution in [0.3, 0.4) is 0 Å². The highest BCUT2D eigenvalue weighted by molar-refractivity contribution is 7.18. The number of amides is 1. The minimum absolute atomic E-state index is 0.242. The lowest BCUT2D eigenvalue weighted by molar-refractivity contribution is 0.102. The summed E-state index contributed by atoms with van der Waals surface area (Å²) >= 11 is 1.32. The van der Waals surface area contributed by atoms with E-state index in [1.54, 1.807) is 12.4 Å². The number of benzene rings is 2. The topological polar surface area (TPSA) is 80.9 Å². The van der Waals surface area contributed by atoms with Crippen molar-refractivity contribution >= 4 is 33.1 Å². The molecular formula is C23H16N4O2S.